The molecule has 0 aromatic carbocycles. The minimum absolute atomic E-state index is 0.0463. The van der Waals surface area contributed by atoms with Crippen molar-refractivity contribution in [2.45, 2.75) is 90.6 Å². The van der Waals surface area contributed by atoms with Crippen LogP contribution in [0.15, 0.2) is 0 Å². The molecule has 4 saturated carbocycles. The summed E-state index contributed by atoms with van der Waals surface area (Å²) in [6, 6.07) is 0. The predicted molar refractivity (Wildman–Crippen MR) is 108 cm³/mol. The summed E-state index contributed by atoms with van der Waals surface area (Å²) in [5.41, 5.74) is 0.314. The molecule has 4 heteroatoms. The number of carbonyl (C=O) groups excluding carboxylic acids is 1. The molecule has 4 nitrogen and oxygen atoms in total. The molecule has 0 aliphatic heterocycles. The van der Waals surface area contributed by atoms with Gasteiger partial charge in [0, 0.05) is 6.42 Å². The molecule has 9 atom stereocenters. The lowest BCUT2D eigenvalue weighted by molar-refractivity contribution is -0.164. The molecule has 0 saturated heterocycles. The van der Waals surface area contributed by atoms with Crippen molar-refractivity contribution in [1.29, 1.82) is 0 Å². The molecule has 158 valence electrons. The summed E-state index contributed by atoms with van der Waals surface area (Å²) in [5, 5.41) is 20.9. The summed E-state index contributed by atoms with van der Waals surface area (Å²) >= 11 is 0. The molecule has 0 aromatic rings. The lowest BCUT2D eigenvalue weighted by Crippen LogP contribution is -2.57. The van der Waals surface area contributed by atoms with Crippen molar-refractivity contribution < 1.29 is 19.8 Å². The van der Waals surface area contributed by atoms with Crippen LogP contribution in [0.2, 0.25) is 0 Å². The Bertz CT molecular complexity index is 618. The zero-order valence-corrected chi connectivity index (χ0v) is 17.6. The Morgan fingerprint density at radius 3 is 2.50 bits per heavy atom. The zero-order chi connectivity index (χ0) is 20.1. The third-order valence-electron chi connectivity index (χ3n) is 10.1. The van der Waals surface area contributed by atoms with Crippen LogP contribution >= 0.6 is 0 Å². The lowest BCUT2D eigenvalue weighted by atomic mass is 9.44. The van der Waals surface area contributed by atoms with Crippen LogP contribution in [0.3, 0.4) is 0 Å². The first-order valence-corrected chi connectivity index (χ1v) is 11.7. The zero-order valence-electron chi connectivity index (χ0n) is 17.6. The molecule has 4 aliphatic rings. The van der Waals surface area contributed by atoms with Gasteiger partial charge in [0.1, 0.15) is 6.29 Å². The van der Waals surface area contributed by atoms with E-state index in [0.717, 1.165) is 32.0 Å². The number of aldehydes is 1. The number of carboxylic acid groups (broad SMARTS) is 1. The topological polar surface area (TPSA) is 74.6 Å². The molecule has 4 aliphatic carbocycles. The van der Waals surface area contributed by atoms with Crippen molar-refractivity contribution in [3.05, 3.63) is 0 Å². The minimum Gasteiger partial charge on any atom is -0.481 e. The fourth-order valence-corrected chi connectivity index (χ4v) is 8.80. The standard InChI is InChI=1S/C24H38O4/c1-23-11-4-3-7-20(23)21(26)14-16-18-9-8-17(15(22(27)28)6-5-13-25)24(18,2)12-10-19(16)23/h13,15-21,26H,3-12,14H2,1-2H3,(H,27,28)/t15-,16+,17-,18+,19+,20?,21?,23-,24-/m1/s1. The third-order valence-corrected chi connectivity index (χ3v) is 10.1. The first-order valence-electron chi connectivity index (χ1n) is 11.7. The second kappa shape index (κ2) is 7.41. The first kappa shape index (κ1) is 20.4. The molecule has 4 fully saturated rings. The Morgan fingerprint density at radius 1 is 1.04 bits per heavy atom. The number of aliphatic carboxylic acids is 1. The highest BCUT2D eigenvalue weighted by molar-refractivity contribution is 5.71. The van der Waals surface area contributed by atoms with Crippen molar-refractivity contribution >= 4 is 12.3 Å². The molecular formula is C24H38O4. The van der Waals surface area contributed by atoms with Crippen LogP contribution < -0.4 is 0 Å². The van der Waals surface area contributed by atoms with Gasteiger partial charge in [-0.2, -0.15) is 0 Å². The van der Waals surface area contributed by atoms with E-state index in [2.05, 4.69) is 13.8 Å². The van der Waals surface area contributed by atoms with Gasteiger partial charge in [0.05, 0.1) is 12.0 Å². The number of aliphatic hydroxyl groups excluding tert-OH is 1. The summed E-state index contributed by atoms with van der Waals surface area (Å²) in [6.45, 7) is 4.79. The van der Waals surface area contributed by atoms with Crippen LogP contribution in [0.4, 0.5) is 0 Å². The number of rotatable bonds is 5. The van der Waals surface area contributed by atoms with E-state index in [0.29, 0.717) is 36.5 Å². The molecule has 0 heterocycles. The maximum Gasteiger partial charge on any atom is 0.306 e. The van der Waals surface area contributed by atoms with Gasteiger partial charge < -0.3 is 15.0 Å². The number of fused-ring (bicyclic) bond motifs is 5. The van der Waals surface area contributed by atoms with Gasteiger partial charge in [0.2, 0.25) is 0 Å². The van der Waals surface area contributed by atoms with Crippen LogP contribution in [-0.2, 0) is 9.59 Å². The summed E-state index contributed by atoms with van der Waals surface area (Å²) in [4.78, 5) is 22.9. The van der Waals surface area contributed by atoms with E-state index in [4.69, 9.17) is 0 Å². The Balaban J connectivity index is 1.60. The SMILES string of the molecule is C[C@]12CC[C@H]3[C@@H](CC(O)C4CCCC[C@@]43C)[C@@H]1CC[C@@H]2[C@@H](CCC=O)C(=O)O. The summed E-state index contributed by atoms with van der Waals surface area (Å²) < 4.78 is 0. The number of aliphatic hydroxyl groups is 1. The second-order valence-electron chi connectivity index (χ2n) is 11.0. The Hall–Kier alpha value is -0.900. The summed E-state index contributed by atoms with van der Waals surface area (Å²) in [5.74, 6) is 1.27. The van der Waals surface area contributed by atoms with Gasteiger partial charge in [-0.1, -0.05) is 26.7 Å². The average Bonchev–Trinajstić information content (AvgIpc) is 2.99. The minimum atomic E-state index is -0.723. The number of hydrogen-bond donors (Lipinski definition) is 2. The predicted octanol–water partition coefficient (Wildman–Crippen LogP) is 4.69. The monoisotopic (exact) mass is 390 g/mol. The molecule has 4 rings (SSSR count). The highest BCUT2D eigenvalue weighted by Crippen LogP contribution is 2.68. The third kappa shape index (κ3) is 2.97. The lowest BCUT2D eigenvalue weighted by Gasteiger charge is -2.62. The van der Waals surface area contributed by atoms with Crippen LogP contribution in [0.25, 0.3) is 0 Å². The van der Waals surface area contributed by atoms with Gasteiger partial charge in [-0.15, -0.1) is 0 Å². The maximum absolute atomic E-state index is 12.0. The number of hydrogen-bond acceptors (Lipinski definition) is 3. The first-order chi connectivity index (χ1) is 13.3. The van der Waals surface area contributed by atoms with Gasteiger partial charge in [0.15, 0.2) is 0 Å². The van der Waals surface area contributed by atoms with E-state index in [1.54, 1.807) is 0 Å². The van der Waals surface area contributed by atoms with E-state index >= 15 is 0 Å². The fraction of sp³-hybridized carbons (Fsp3) is 0.917. The van der Waals surface area contributed by atoms with Crippen LogP contribution in [0.5, 0.6) is 0 Å². The van der Waals surface area contributed by atoms with Crippen molar-refractivity contribution in [2.75, 3.05) is 0 Å². The maximum atomic E-state index is 12.0. The smallest absolute Gasteiger partial charge is 0.306 e. The second-order valence-corrected chi connectivity index (χ2v) is 11.0. The Morgan fingerprint density at radius 2 is 1.79 bits per heavy atom. The van der Waals surface area contributed by atoms with Gasteiger partial charge >= 0.3 is 5.97 Å². The van der Waals surface area contributed by atoms with Gasteiger partial charge in [-0.3, -0.25) is 4.79 Å². The normalized spacial score (nSPS) is 48.8. The molecule has 2 N–H and O–H groups in total. The quantitative estimate of drug-likeness (QED) is 0.668. The highest BCUT2D eigenvalue weighted by Gasteiger charge is 2.62. The Labute approximate surface area is 169 Å². The average molecular weight is 391 g/mol. The highest BCUT2D eigenvalue weighted by atomic mass is 16.4. The molecule has 0 amide bonds. The van der Waals surface area contributed by atoms with E-state index < -0.39 is 11.9 Å². The fourth-order valence-electron chi connectivity index (χ4n) is 8.80. The van der Waals surface area contributed by atoms with Crippen molar-refractivity contribution in [3.8, 4) is 0 Å². The van der Waals surface area contributed by atoms with E-state index in [1.807, 2.05) is 0 Å². The van der Waals surface area contributed by atoms with Gasteiger partial charge in [-0.05, 0) is 91.8 Å². The molecule has 0 bridgehead atoms. The summed E-state index contributed by atoms with van der Waals surface area (Å²) in [6.07, 6.45) is 11.8. The number of carboxylic acids is 1. The van der Waals surface area contributed by atoms with Crippen molar-refractivity contribution in [1.82, 2.24) is 0 Å². The van der Waals surface area contributed by atoms with Gasteiger partial charge in [0.25, 0.3) is 0 Å². The molecular weight excluding hydrogens is 352 g/mol. The Kier molecular flexibility index (Phi) is 5.39. The van der Waals surface area contributed by atoms with Crippen LogP contribution in [0.1, 0.15) is 84.5 Å². The van der Waals surface area contributed by atoms with E-state index in [1.165, 1.54) is 32.1 Å². The van der Waals surface area contributed by atoms with Gasteiger partial charge in [-0.25, -0.2) is 0 Å². The number of carbonyl (C=O) groups is 2. The van der Waals surface area contributed by atoms with E-state index in [-0.39, 0.29) is 22.9 Å². The molecule has 0 spiro atoms. The van der Waals surface area contributed by atoms with Crippen LogP contribution in [0, 0.1) is 46.3 Å². The molecule has 28 heavy (non-hydrogen) atoms. The molecule has 2 unspecified atom stereocenters. The largest absolute Gasteiger partial charge is 0.481 e. The van der Waals surface area contributed by atoms with Crippen molar-refractivity contribution in [3.63, 3.8) is 0 Å². The van der Waals surface area contributed by atoms with Crippen LogP contribution in [-0.4, -0.2) is 28.6 Å². The summed E-state index contributed by atoms with van der Waals surface area (Å²) in [7, 11) is 0. The molecule has 0 aromatic heterocycles. The molecule has 0 radical (unpaired) electrons. The van der Waals surface area contributed by atoms with E-state index in [9.17, 15) is 19.8 Å². The van der Waals surface area contributed by atoms with Crippen molar-refractivity contribution in [2.24, 2.45) is 46.3 Å².